The predicted molar refractivity (Wildman–Crippen MR) is 105 cm³/mol. The molecule has 30 heavy (non-hydrogen) atoms. The lowest BCUT2D eigenvalue weighted by Gasteiger charge is -2.28. The Morgan fingerprint density at radius 1 is 1.17 bits per heavy atom. The molecule has 0 aromatic heterocycles. The van der Waals surface area contributed by atoms with Gasteiger partial charge in [-0.15, -0.1) is 0 Å². The Morgan fingerprint density at radius 3 is 2.37 bits per heavy atom. The summed E-state index contributed by atoms with van der Waals surface area (Å²) in [7, 11) is -3.71. The number of anilines is 1. The van der Waals surface area contributed by atoms with Crippen molar-refractivity contribution in [1.82, 2.24) is 4.72 Å². The van der Waals surface area contributed by atoms with Gasteiger partial charge in [-0.3, -0.25) is 4.79 Å². The largest absolute Gasteiger partial charge is 0.411 e. The lowest BCUT2D eigenvalue weighted by atomic mass is 9.84. The van der Waals surface area contributed by atoms with Crippen LogP contribution in [0.2, 0.25) is 0 Å². The number of nitrogens with one attached hydrogen (secondary N) is 2. The van der Waals surface area contributed by atoms with E-state index in [-0.39, 0.29) is 16.6 Å². The smallest absolute Gasteiger partial charge is 0.359 e. The van der Waals surface area contributed by atoms with Crippen LogP contribution < -0.4 is 10.0 Å². The minimum Gasteiger partial charge on any atom is -0.359 e. The number of rotatable bonds is 8. The number of ether oxygens (including phenoxy) is 1. The monoisotopic (exact) mass is 448 g/mol. The Balaban J connectivity index is 1.55. The molecule has 3 rings (SSSR count). The summed E-state index contributed by atoms with van der Waals surface area (Å²) in [5.41, 5.74) is 0.266. The van der Waals surface area contributed by atoms with Crippen LogP contribution >= 0.6 is 0 Å². The summed E-state index contributed by atoms with van der Waals surface area (Å²) in [6, 6.07) is 5.34. The molecule has 0 saturated heterocycles. The lowest BCUT2D eigenvalue weighted by molar-refractivity contribution is -0.184. The van der Waals surface area contributed by atoms with E-state index in [0.29, 0.717) is 11.8 Å². The van der Waals surface area contributed by atoms with Gasteiger partial charge >= 0.3 is 6.18 Å². The molecule has 5 unspecified atom stereocenters. The van der Waals surface area contributed by atoms with Crippen LogP contribution in [0, 0.1) is 17.8 Å². The summed E-state index contributed by atoms with van der Waals surface area (Å²) in [4.78, 5) is 12.0. The van der Waals surface area contributed by atoms with Crippen molar-refractivity contribution >= 4 is 21.6 Å². The van der Waals surface area contributed by atoms with Gasteiger partial charge in [0.15, 0.2) is 0 Å². The van der Waals surface area contributed by atoms with E-state index in [2.05, 4.69) is 14.8 Å². The number of hydrogen-bond donors (Lipinski definition) is 2. The molecule has 0 spiro atoms. The predicted octanol–water partition coefficient (Wildman–Crippen LogP) is 3.70. The summed E-state index contributed by atoms with van der Waals surface area (Å²) in [5, 5.41) is 2.41. The third-order valence-corrected chi connectivity index (χ3v) is 7.65. The van der Waals surface area contributed by atoms with Crippen molar-refractivity contribution in [2.24, 2.45) is 17.8 Å². The minimum atomic E-state index is -4.52. The van der Waals surface area contributed by atoms with Gasteiger partial charge in [-0.1, -0.05) is 6.42 Å². The van der Waals surface area contributed by atoms with Gasteiger partial charge in [-0.2, -0.15) is 13.2 Å². The second-order valence-corrected chi connectivity index (χ2v) is 10.0. The fraction of sp³-hybridized carbons (Fsp3) is 0.650. The van der Waals surface area contributed by atoms with Gasteiger partial charge < -0.3 is 10.1 Å². The van der Waals surface area contributed by atoms with Gasteiger partial charge in [0.1, 0.15) is 12.7 Å². The van der Waals surface area contributed by atoms with E-state index in [0.717, 1.165) is 12.3 Å². The van der Waals surface area contributed by atoms with E-state index < -0.39 is 34.8 Å². The van der Waals surface area contributed by atoms with Crippen molar-refractivity contribution in [3.8, 4) is 0 Å². The summed E-state index contributed by atoms with van der Waals surface area (Å²) in [6.45, 7) is 1.59. The molecule has 0 radical (unpaired) electrons. The van der Waals surface area contributed by atoms with E-state index in [4.69, 9.17) is 0 Å². The number of carbonyl (C=O) groups excluding carboxylic acids is 1. The first-order valence-electron chi connectivity index (χ1n) is 10.1. The highest BCUT2D eigenvalue weighted by Gasteiger charge is 2.42. The average Bonchev–Trinajstić information content (AvgIpc) is 3.29. The van der Waals surface area contributed by atoms with Gasteiger partial charge in [-0.25, -0.2) is 13.1 Å². The van der Waals surface area contributed by atoms with Crippen LogP contribution in [-0.4, -0.2) is 39.3 Å². The van der Waals surface area contributed by atoms with Crippen molar-refractivity contribution < 1.29 is 31.1 Å². The van der Waals surface area contributed by atoms with Crippen LogP contribution in [0.4, 0.5) is 18.9 Å². The van der Waals surface area contributed by atoms with E-state index >= 15 is 0 Å². The second kappa shape index (κ2) is 8.84. The van der Waals surface area contributed by atoms with E-state index in [1.54, 1.807) is 0 Å². The van der Waals surface area contributed by atoms with E-state index in [1.807, 2.05) is 6.92 Å². The summed E-state index contributed by atoms with van der Waals surface area (Å²) < 4.78 is 69.2. The number of benzene rings is 1. The van der Waals surface area contributed by atoms with Crippen LogP contribution in [-0.2, 0) is 19.6 Å². The van der Waals surface area contributed by atoms with Crippen LogP contribution in [0.15, 0.2) is 29.2 Å². The molecule has 0 heterocycles. The van der Waals surface area contributed by atoms with Crippen molar-refractivity contribution in [2.45, 2.75) is 62.7 Å². The number of fused-ring (bicyclic) bond motifs is 2. The molecule has 2 bridgehead atoms. The Kier molecular flexibility index (Phi) is 6.78. The number of amides is 1. The first kappa shape index (κ1) is 23.0. The zero-order chi connectivity index (χ0) is 22.1. The highest BCUT2D eigenvalue weighted by Crippen LogP contribution is 2.49. The summed E-state index contributed by atoms with van der Waals surface area (Å²) in [6.07, 6.45) is -1.16. The van der Waals surface area contributed by atoms with Crippen LogP contribution in [0.25, 0.3) is 0 Å². The SMILES string of the molecule is CC(OCC(F)(F)F)C(=O)Nc1ccc(S(=O)(=O)NC(C)C2CC3CCC2C3)cc1. The first-order valence-corrected chi connectivity index (χ1v) is 11.5. The van der Waals surface area contributed by atoms with Crippen LogP contribution in [0.5, 0.6) is 0 Å². The molecule has 1 aromatic carbocycles. The van der Waals surface area contributed by atoms with Gasteiger partial charge in [0, 0.05) is 11.7 Å². The van der Waals surface area contributed by atoms with Gasteiger partial charge in [0.2, 0.25) is 10.0 Å². The fourth-order valence-corrected chi connectivity index (χ4v) is 5.86. The zero-order valence-electron chi connectivity index (χ0n) is 16.9. The number of alkyl halides is 3. The summed E-state index contributed by atoms with van der Waals surface area (Å²) >= 11 is 0. The fourth-order valence-electron chi connectivity index (χ4n) is 4.56. The second-order valence-electron chi connectivity index (χ2n) is 8.33. The molecule has 168 valence electrons. The van der Waals surface area contributed by atoms with E-state index in [9.17, 15) is 26.4 Å². The van der Waals surface area contributed by atoms with Crippen molar-refractivity contribution in [3.63, 3.8) is 0 Å². The third kappa shape index (κ3) is 5.73. The Hall–Kier alpha value is -1.65. The molecule has 0 aliphatic heterocycles. The Labute approximate surface area is 174 Å². The number of hydrogen-bond acceptors (Lipinski definition) is 4. The van der Waals surface area contributed by atoms with Crippen molar-refractivity contribution in [1.29, 1.82) is 0 Å². The summed E-state index contributed by atoms with van der Waals surface area (Å²) in [5.74, 6) is 0.914. The maximum absolute atomic E-state index is 12.7. The van der Waals surface area contributed by atoms with E-state index in [1.165, 1.54) is 50.5 Å². The van der Waals surface area contributed by atoms with Gasteiger partial charge in [0.05, 0.1) is 4.90 Å². The molecule has 1 amide bonds. The molecule has 2 saturated carbocycles. The zero-order valence-corrected chi connectivity index (χ0v) is 17.7. The van der Waals surface area contributed by atoms with Crippen LogP contribution in [0.3, 0.4) is 0 Å². The highest BCUT2D eigenvalue weighted by atomic mass is 32.2. The number of sulfonamides is 1. The Morgan fingerprint density at radius 2 is 1.83 bits per heavy atom. The molecule has 1 aromatic rings. The van der Waals surface area contributed by atoms with Gasteiger partial charge in [0.25, 0.3) is 5.91 Å². The quantitative estimate of drug-likeness (QED) is 0.635. The molecular formula is C20H27F3N2O4S. The third-order valence-electron chi connectivity index (χ3n) is 6.07. The maximum atomic E-state index is 12.7. The first-order chi connectivity index (χ1) is 13.9. The number of carbonyl (C=O) groups is 1. The normalized spacial score (nSPS) is 25.8. The van der Waals surface area contributed by atoms with Crippen molar-refractivity contribution in [2.75, 3.05) is 11.9 Å². The molecule has 2 fully saturated rings. The van der Waals surface area contributed by atoms with Crippen molar-refractivity contribution in [3.05, 3.63) is 24.3 Å². The maximum Gasteiger partial charge on any atom is 0.411 e. The van der Waals surface area contributed by atoms with Gasteiger partial charge in [-0.05, 0) is 75.1 Å². The molecule has 10 heteroatoms. The molecule has 2 aliphatic carbocycles. The molecular weight excluding hydrogens is 421 g/mol. The van der Waals surface area contributed by atoms with Crippen LogP contribution in [0.1, 0.15) is 39.5 Å². The molecule has 6 nitrogen and oxygen atoms in total. The average molecular weight is 449 g/mol. The number of halogens is 3. The topological polar surface area (TPSA) is 84.5 Å². The minimum absolute atomic E-state index is 0.0666. The molecule has 5 atom stereocenters. The Bertz CT molecular complexity index is 858. The molecule has 2 aliphatic rings. The standard InChI is InChI=1S/C20H27F3N2O4S/c1-12(18-10-14-3-4-15(18)9-14)25-30(27,28)17-7-5-16(6-8-17)24-19(26)13(2)29-11-20(21,22)23/h5-8,12-15,18,25H,3-4,9-11H2,1-2H3,(H,24,26). The lowest BCUT2D eigenvalue weighted by Crippen LogP contribution is -2.40. The highest BCUT2D eigenvalue weighted by molar-refractivity contribution is 7.89. The molecule has 2 N–H and O–H groups in total.